The van der Waals surface area contributed by atoms with Crippen molar-refractivity contribution < 1.29 is 32.1 Å². The van der Waals surface area contributed by atoms with Crippen LogP contribution in [0.25, 0.3) is 0 Å². The van der Waals surface area contributed by atoms with E-state index in [2.05, 4.69) is 5.16 Å². The summed E-state index contributed by atoms with van der Waals surface area (Å²) in [7, 11) is -2.57. The molecular formula is C16H19N3O7S. The summed E-state index contributed by atoms with van der Waals surface area (Å²) in [6.45, 7) is 2.07. The summed E-state index contributed by atoms with van der Waals surface area (Å²) in [4.78, 5) is 25.1. The minimum Gasteiger partial charge on any atom is -0.475 e. The lowest BCUT2D eigenvalue weighted by atomic mass is 10.2. The number of sulfonamides is 1. The zero-order valence-corrected chi connectivity index (χ0v) is 15.6. The first-order chi connectivity index (χ1) is 12.7. The van der Waals surface area contributed by atoms with Crippen molar-refractivity contribution >= 4 is 21.9 Å². The predicted molar refractivity (Wildman–Crippen MR) is 90.3 cm³/mol. The number of nitrogens with zero attached hydrogens (tertiary/aromatic N) is 3. The highest BCUT2D eigenvalue weighted by Crippen LogP contribution is 2.28. The first-order valence-electron chi connectivity index (χ1n) is 8.22. The third kappa shape index (κ3) is 3.74. The molecule has 0 saturated carbocycles. The Kier molecular flexibility index (Phi) is 5.07. The van der Waals surface area contributed by atoms with Crippen molar-refractivity contribution in [1.82, 2.24) is 14.4 Å². The van der Waals surface area contributed by atoms with E-state index in [0.717, 1.165) is 16.4 Å². The summed E-state index contributed by atoms with van der Waals surface area (Å²) in [5, 5.41) is 12.2. The second kappa shape index (κ2) is 7.16. The van der Waals surface area contributed by atoms with E-state index in [4.69, 9.17) is 14.0 Å². The maximum Gasteiger partial charge on any atom is 0.371 e. The third-order valence-corrected chi connectivity index (χ3v) is 6.08. The van der Waals surface area contributed by atoms with E-state index in [1.165, 1.54) is 4.90 Å². The minimum atomic E-state index is -4.13. The molecular weight excluding hydrogens is 378 g/mol. The first-order valence-corrected chi connectivity index (χ1v) is 9.66. The second-order valence-corrected chi connectivity index (χ2v) is 8.14. The molecule has 1 fully saturated rings. The van der Waals surface area contributed by atoms with E-state index in [-0.39, 0.29) is 19.0 Å². The number of carboxylic acids is 1. The van der Waals surface area contributed by atoms with Gasteiger partial charge in [-0.15, -0.1) is 0 Å². The Morgan fingerprint density at radius 3 is 2.74 bits per heavy atom. The van der Waals surface area contributed by atoms with Crippen LogP contribution in [0.2, 0.25) is 0 Å². The van der Waals surface area contributed by atoms with E-state index in [1.54, 1.807) is 20.0 Å². The SMILES string of the molecule is Cc1cc(CN(C)C(=O)C2CCCN2S(=O)(=O)c2ccc(C(=O)O)o2)no1. The molecule has 11 heteroatoms. The Hall–Kier alpha value is -2.66. The summed E-state index contributed by atoms with van der Waals surface area (Å²) in [5.74, 6) is -1.60. The van der Waals surface area contributed by atoms with E-state index in [0.29, 0.717) is 24.3 Å². The Balaban J connectivity index is 1.78. The van der Waals surface area contributed by atoms with Crippen molar-refractivity contribution in [3.8, 4) is 0 Å². The molecule has 0 radical (unpaired) electrons. The first kappa shape index (κ1) is 19.1. The molecule has 2 aromatic rings. The van der Waals surface area contributed by atoms with Gasteiger partial charge in [0.05, 0.1) is 6.54 Å². The summed E-state index contributed by atoms with van der Waals surface area (Å²) >= 11 is 0. The topological polar surface area (TPSA) is 134 Å². The molecule has 1 aliphatic heterocycles. The van der Waals surface area contributed by atoms with Gasteiger partial charge in [-0.1, -0.05) is 5.16 Å². The molecule has 1 atom stereocenters. The summed E-state index contributed by atoms with van der Waals surface area (Å²) in [5.41, 5.74) is 0.563. The Morgan fingerprint density at radius 1 is 1.41 bits per heavy atom. The number of carboxylic acid groups (broad SMARTS) is 1. The standard InChI is InChI=1S/C16H19N3O7S/c1-10-8-11(17-26-10)9-18(2)15(20)12-4-3-7-19(12)27(23,24)14-6-5-13(25-14)16(21)22/h5-6,8,12H,3-4,7,9H2,1-2H3,(H,21,22). The molecule has 0 bridgehead atoms. The van der Waals surface area contributed by atoms with E-state index in [9.17, 15) is 18.0 Å². The summed E-state index contributed by atoms with van der Waals surface area (Å²) < 4.78 is 36.6. The van der Waals surface area contributed by atoms with Crippen LogP contribution in [0.5, 0.6) is 0 Å². The Morgan fingerprint density at radius 2 is 2.15 bits per heavy atom. The number of carbonyl (C=O) groups excluding carboxylic acids is 1. The van der Waals surface area contributed by atoms with Gasteiger partial charge in [0, 0.05) is 19.7 Å². The molecule has 1 N–H and O–H groups in total. The van der Waals surface area contributed by atoms with Crippen molar-refractivity contribution in [2.24, 2.45) is 0 Å². The fraction of sp³-hybridized carbons (Fsp3) is 0.438. The molecule has 0 aliphatic carbocycles. The van der Waals surface area contributed by atoms with Gasteiger partial charge < -0.3 is 18.9 Å². The smallest absolute Gasteiger partial charge is 0.371 e. The van der Waals surface area contributed by atoms with Crippen LogP contribution in [0.4, 0.5) is 0 Å². The van der Waals surface area contributed by atoms with Gasteiger partial charge in [0.25, 0.3) is 10.0 Å². The molecule has 3 heterocycles. The lowest BCUT2D eigenvalue weighted by molar-refractivity contribution is -0.133. The summed E-state index contributed by atoms with van der Waals surface area (Å²) in [6.07, 6.45) is 0.881. The molecule has 10 nitrogen and oxygen atoms in total. The quantitative estimate of drug-likeness (QED) is 0.765. The summed E-state index contributed by atoms with van der Waals surface area (Å²) in [6, 6.07) is 2.97. The van der Waals surface area contributed by atoms with Crippen molar-refractivity contribution in [3.05, 3.63) is 35.4 Å². The number of amides is 1. The number of furan rings is 1. The van der Waals surface area contributed by atoms with E-state index >= 15 is 0 Å². The number of rotatable bonds is 6. The van der Waals surface area contributed by atoms with Crippen LogP contribution in [-0.4, -0.2) is 59.4 Å². The van der Waals surface area contributed by atoms with Gasteiger partial charge in [0.2, 0.25) is 16.8 Å². The largest absolute Gasteiger partial charge is 0.475 e. The van der Waals surface area contributed by atoms with Crippen LogP contribution in [0.1, 0.15) is 34.9 Å². The lowest BCUT2D eigenvalue weighted by Gasteiger charge is -2.26. The zero-order valence-electron chi connectivity index (χ0n) is 14.8. The molecule has 0 aromatic carbocycles. The highest BCUT2D eigenvalue weighted by Gasteiger charge is 2.42. The Bertz CT molecular complexity index is 962. The molecule has 2 aromatic heterocycles. The number of hydrogen-bond acceptors (Lipinski definition) is 7. The van der Waals surface area contributed by atoms with E-state index in [1.807, 2.05) is 0 Å². The molecule has 27 heavy (non-hydrogen) atoms. The second-order valence-electron chi connectivity index (χ2n) is 6.32. The van der Waals surface area contributed by atoms with Crippen molar-refractivity contribution in [2.75, 3.05) is 13.6 Å². The van der Waals surface area contributed by atoms with Gasteiger partial charge in [-0.25, -0.2) is 13.2 Å². The molecule has 1 amide bonds. The van der Waals surface area contributed by atoms with Crippen LogP contribution in [0.15, 0.2) is 32.2 Å². The van der Waals surface area contributed by atoms with Crippen LogP contribution >= 0.6 is 0 Å². The van der Waals surface area contributed by atoms with Gasteiger partial charge in [0.1, 0.15) is 17.5 Å². The molecule has 146 valence electrons. The zero-order chi connectivity index (χ0) is 19.8. The fourth-order valence-electron chi connectivity index (χ4n) is 3.03. The van der Waals surface area contributed by atoms with Crippen molar-refractivity contribution in [2.45, 2.75) is 37.4 Å². The molecule has 1 unspecified atom stereocenters. The van der Waals surface area contributed by atoms with Crippen molar-refractivity contribution in [1.29, 1.82) is 0 Å². The average Bonchev–Trinajstić information content (AvgIpc) is 3.34. The number of likely N-dealkylation sites (N-methyl/N-ethyl adjacent to an activating group) is 1. The Labute approximate surface area is 155 Å². The fourth-order valence-corrected chi connectivity index (χ4v) is 4.60. The minimum absolute atomic E-state index is 0.152. The van der Waals surface area contributed by atoms with Gasteiger partial charge in [-0.2, -0.15) is 4.31 Å². The number of carbonyl (C=O) groups is 2. The van der Waals surface area contributed by atoms with Crippen LogP contribution in [0, 0.1) is 6.92 Å². The van der Waals surface area contributed by atoms with Gasteiger partial charge in [0.15, 0.2) is 0 Å². The monoisotopic (exact) mass is 397 g/mol. The average molecular weight is 397 g/mol. The maximum absolute atomic E-state index is 12.8. The highest BCUT2D eigenvalue weighted by molar-refractivity contribution is 7.89. The van der Waals surface area contributed by atoms with Gasteiger partial charge >= 0.3 is 5.97 Å². The normalized spacial score (nSPS) is 17.9. The van der Waals surface area contributed by atoms with Gasteiger partial charge in [-0.3, -0.25) is 4.79 Å². The van der Waals surface area contributed by atoms with Gasteiger partial charge in [-0.05, 0) is 31.9 Å². The van der Waals surface area contributed by atoms with Crippen molar-refractivity contribution in [3.63, 3.8) is 0 Å². The number of aromatic nitrogens is 1. The van der Waals surface area contributed by atoms with Crippen LogP contribution in [0.3, 0.4) is 0 Å². The van der Waals surface area contributed by atoms with Crippen LogP contribution < -0.4 is 0 Å². The number of hydrogen-bond donors (Lipinski definition) is 1. The maximum atomic E-state index is 12.8. The highest BCUT2D eigenvalue weighted by atomic mass is 32.2. The molecule has 1 saturated heterocycles. The number of aromatic carboxylic acids is 1. The van der Waals surface area contributed by atoms with Crippen LogP contribution in [-0.2, 0) is 21.4 Å². The molecule has 3 rings (SSSR count). The number of aryl methyl sites for hydroxylation is 1. The third-order valence-electron chi connectivity index (χ3n) is 4.30. The molecule has 0 spiro atoms. The lowest BCUT2D eigenvalue weighted by Crippen LogP contribution is -2.46. The van der Waals surface area contributed by atoms with E-state index < -0.39 is 32.9 Å². The molecule has 1 aliphatic rings. The predicted octanol–water partition coefficient (Wildman–Crippen LogP) is 1.09.